The molecule has 0 spiro atoms. The largest absolute Gasteiger partial charge is 0.508 e. The summed E-state index contributed by atoms with van der Waals surface area (Å²) in [4.78, 5) is 2.19. The highest BCUT2D eigenvalue weighted by Crippen LogP contribution is 2.22. The zero-order valence-corrected chi connectivity index (χ0v) is 10.5. The Labute approximate surface area is 107 Å². The van der Waals surface area contributed by atoms with Crippen LogP contribution in [0.2, 0.25) is 0 Å². The van der Waals surface area contributed by atoms with Gasteiger partial charge in [-0.1, -0.05) is 18.2 Å². The molecule has 94 valence electrons. The molecule has 0 saturated carbocycles. The molecule has 3 N–H and O–H groups in total. The third-order valence-corrected chi connectivity index (χ3v) is 2.90. The molecule has 3 heteroatoms. The molecule has 0 atom stereocenters. The molecule has 0 heterocycles. The van der Waals surface area contributed by atoms with Crippen molar-refractivity contribution < 1.29 is 5.11 Å². The minimum atomic E-state index is 0.290. The molecule has 0 bridgehead atoms. The first-order valence-electron chi connectivity index (χ1n) is 6.07. The van der Waals surface area contributed by atoms with Gasteiger partial charge in [-0.15, -0.1) is 0 Å². The van der Waals surface area contributed by atoms with Crippen LogP contribution in [0.4, 0.5) is 11.4 Å². The zero-order chi connectivity index (χ0) is 13.0. The average molecular weight is 242 g/mol. The number of hydrogen-bond donors (Lipinski definition) is 2. The summed E-state index contributed by atoms with van der Waals surface area (Å²) >= 11 is 0. The van der Waals surface area contributed by atoms with Gasteiger partial charge in [0, 0.05) is 30.5 Å². The van der Waals surface area contributed by atoms with Crippen molar-refractivity contribution in [2.75, 3.05) is 17.2 Å². The Bertz CT molecular complexity index is 525. The molecule has 0 fully saturated rings. The number of nitrogen functional groups attached to an aromatic ring is 1. The van der Waals surface area contributed by atoms with Crippen LogP contribution in [0.15, 0.2) is 48.5 Å². The van der Waals surface area contributed by atoms with Crippen molar-refractivity contribution in [3.8, 4) is 5.75 Å². The van der Waals surface area contributed by atoms with E-state index in [4.69, 9.17) is 5.73 Å². The number of phenols is 1. The second kappa shape index (κ2) is 5.45. The van der Waals surface area contributed by atoms with E-state index >= 15 is 0 Å². The molecular weight excluding hydrogens is 224 g/mol. The van der Waals surface area contributed by atoms with Crippen LogP contribution in [0, 0.1) is 0 Å². The summed E-state index contributed by atoms with van der Waals surface area (Å²) in [6.45, 7) is 3.75. The van der Waals surface area contributed by atoms with Gasteiger partial charge in [-0.25, -0.2) is 0 Å². The molecule has 0 radical (unpaired) electrons. The number of rotatable bonds is 4. The minimum Gasteiger partial charge on any atom is -0.508 e. The second-order valence-electron chi connectivity index (χ2n) is 4.28. The Balaban J connectivity index is 2.19. The molecule has 0 aromatic heterocycles. The first-order chi connectivity index (χ1) is 8.69. The molecule has 0 unspecified atom stereocenters. The van der Waals surface area contributed by atoms with E-state index in [2.05, 4.69) is 17.9 Å². The topological polar surface area (TPSA) is 49.5 Å². The summed E-state index contributed by atoms with van der Waals surface area (Å²) in [5.41, 5.74) is 8.74. The number of benzene rings is 2. The van der Waals surface area contributed by atoms with Crippen LogP contribution in [-0.2, 0) is 6.54 Å². The summed E-state index contributed by atoms with van der Waals surface area (Å²) in [6, 6.07) is 15.2. The summed E-state index contributed by atoms with van der Waals surface area (Å²) in [6.07, 6.45) is 0. The smallest absolute Gasteiger partial charge is 0.117 e. The second-order valence-corrected chi connectivity index (χ2v) is 4.28. The maximum atomic E-state index is 9.52. The minimum absolute atomic E-state index is 0.290. The molecule has 0 amide bonds. The third kappa shape index (κ3) is 2.94. The first-order valence-corrected chi connectivity index (χ1v) is 6.07. The molecule has 2 aromatic carbocycles. The lowest BCUT2D eigenvalue weighted by Crippen LogP contribution is -2.21. The fourth-order valence-electron chi connectivity index (χ4n) is 1.99. The van der Waals surface area contributed by atoms with Crippen molar-refractivity contribution in [1.29, 1.82) is 0 Å². The number of nitrogens with two attached hydrogens (primary N) is 1. The van der Waals surface area contributed by atoms with E-state index in [0.29, 0.717) is 5.75 Å². The highest BCUT2D eigenvalue weighted by Gasteiger charge is 2.06. The summed E-state index contributed by atoms with van der Waals surface area (Å²) in [5.74, 6) is 0.290. The van der Waals surface area contributed by atoms with Crippen molar-refractivity contribution in [3.63, 3.8) is 0 Å². The van der Waals surface area contributed by atoms with Crippen LogP contribution in [0.5, 0.6) is 5.75 Å². The quantitative estimate of drug-likeness (QED) is 0.810. The van der Waals surface area contributed by atoms with Crippen LogP contribution in [0.3, 0.4) is 0 Å². The van der Waals surface area contributed by atoms with Gasteiger partial charge >= 0.3 is 0 Å². The van der Waals surface area contributed by atoms with Crippen LogP contribution in [-0.4, -0.2) is 11.7 Å². The Hall–Kier alpha value is -2.16. The van der Waals surface area contributed by atoms with Crippen LogP contribution in [0.25, 0.3) is 0 Å². The fourth-order valence-corrected chi connectivity index (χ4v) is 1.99. The van der Waals surface area contributed by atoms with E-state index < -0.39 is 0 Å². The highest BCUT2D eigenvalue weighted by molar-refractivity contribution is 5.51. The van der Waals surface area contributed by atoms with Gasteiger partial charge in [0.15, 0.2) is 0 Å². The Morgan fingerprint density at radius 3 is 2.56 bits per heavy atom. The molecule has 2 rings (SSSR count). The first kappa shape index (κ1) is 12.3. The molecule has 0 aliphatic carbocycles. The Morgan fingerprint density at radius 2 is 1.89 bits per heavy atom. The van der Waals surface area contributed by atoms with Crippen LogP contribution < -0.4 is 10.6 Å². The number of anilines is 2. The van der Waals surface area contributed by atoms with Gasteiger partial charge in [0.25, 0.3) is 0 Å². The lowest BCUT2D eigenvalue weighted by molar-refractivity contribution is 0.475. The maximum Gasteiger partial charge on any atom is 0.117 e. The van der Waals surface area contributed by atoms with Gasteiger partial charge in [-0.2, -0.15) is 0 Å². The van der Waals surface area contributed by atoms with Crippen molar-refractivity contribution >= 4 is 11.4 Å². The predicted molar refractivity (Wildman–Crippen MR) is 75.7 cm³/mol. The Kier molecular flexibility index (Phi) is 3.72. The lowest BCUT2D eigenvalue weighted by Gasteiger charge is -2.23. The van der Waals surface area contributed by atoms with Gasteiger partial charge in [0.2, 0.25) is 0 Å². The van der Waals surface area contributed by atoms with Crippen molar-refractivity contribution in [1.82, 2.24) is 0 Å². The van der Waals surface area contributed by atoms with Crippen molar-refractivity contribution in [2.24, 2.45) is 0 Å². The van der Waals surface area contributed by atoms with Gasteiger partial charge in [0.05, 0.1) is 0 Å². The molecule has 18 heavy (non-hydrogen) atoms. The van der Waals surface area contributed by atoms with Crippen LogP contribution in [0.1, 0.15) is 12.5 Å². The number of aromatic hydroxyl groups is 1. The van der Waals surface area contributed by atoms with E-state index in [1.165, 1.54) is 5.56 Å². The maximum absolute atomic E-state index is 9.52. The van der Waals surface area contributed by atoms with Crippen molar-refractivity contribution in [2.45, 2.75) is 13.5 Å². The molecular formula is C15H18N2O. The third-order valence-electron chi connectivity index (χ3n) is 2.90. The molecule has 0 saturated heterocycles. The number of phenolic OH excluding ortho intramolecular Hbond substituents is 1. The molecule has 0 aliphatic heterocycles. The Morgan fingerprint density at radius 1 is 1.11 bits per heavy atom. The fraction of sp³-hybridized carbons (Fsp3) is 0.200. The van der Waals surface area contributed by atoms with Gasteiger partial charge in [-0.05, 0) is 36.8 Å². The molecule has 3 nitrogen and oxygen atoms in total. The normalized spacial score (nSPS) is 10.3. The van der Waals surface area contributed by atoms with E-state index in [-0.39, 0.29) is 0 Å². The average Bonchev–Trinajstić information content (AvgIpc) is 2.36. The number of hydrogen-bond acceptors (Lipinski definition) is 3. The predicted octanol–water partition coefficient (Wildman–Crippen LogP) is 3.00. The van der Waals surface area contributed by atoms with Gasteiger partial charge in [0.1, 0.15) is 5.75 Å². The van der Waals surface area contributed by atoms with Gasteiger partial charge < -0.3 is 15.7 Å². The van der Waals surface area contributed by atoms with E-state index in [1.807, 2.05) is 30.3 Å². The molecule has 2 aromatic rings. The highest BCUT2D eigenvalue weighted by atomic mass is 16.3. The standard InChI is InChI=1S/C15H18N2O/c1-2-17(14-7-4-8-15(18)10-14)11-12-5-3-6-13(16)9-12/h3-10,18H,2,11,16H2,1H3. The van der Waals surface area contributed by atoms with E-state index in [9.17, 15) is 5.11 Å². The van der Waals surface area contributed by atoms with Crippen molar-refractivity contribution in [3.05, 3.63) is 54.1 Å². The lowest BCUT2D eigenvalue weighted by atomic mass is 10.1. The molecule has 0 aliphatic rings. The van der Waals surface area contributed by atoms with E-state index in [1.54, 1.807) is 12.1 Å². The van der Waals surface area contributed by atoms with Crippen LogP contribution >= 0.6 is 0 Å². The summed E-state index contributed by atoms with van der Waals surface area (Å²) in [5, 5.41) is 9.52. The number of nitrogens with zero attached hydrogens (tertiary/aromatic N) is 1. The zero-order valence-electron chi connectivity index (χ0n) is 10.5. The SMILES string of the molecule is CCN(Cc1cccc(N)c1)c1cccc(O)c1. The van der Waals surface area contributed by atoms with E-state index in [0.717, 1.165) is 24.5 Å². The van der Waals surface area contributed by atoms with Gasteiger partial charge in [-0.3, -0.25) is 0 Å². The monoisotopic (exact) mass is 242 g/mol. The summed E-state index contributed by atoms with van der Waals surface area (Å²) < 4.78 is 0. The summed E-state index contributed by atoms with van der Waals surface area (Å²) in [7, 11) is 0.